The Hall–Kier alpha value is -3.68. The first-order valence-corrected chi connectivity index (χ1v) is 10.9. The Kier molecular flexibility index (Phi) is 6.44. The van der Waals surface area contributed by atoms with Gasteiger partial charge in [0.15, 0.2) is 6.17 Å². The summed E-state index contributed by atoms with van der Waals surface area (Å²) in [6.07, 6.45) is 1.89. The number of rotatable bonds is 6. The summed E-state index contributed by atoms with van der Waals surface area (Å²) in [5, 5.41) is 0. The van der Waals surface area contributed by atoms with Crippen molar-refractivity contribution < 1.29 is 18.7 Å². The first-order valence-electron chi connectivity index (χ1n) is 10.9. The number of aryl methyl sites for hydroxylation is 2. The minimum absolute atomic E-state index is 0.0483. The molecule has 2 atom stereocenters. The zero-order valence-corrected chi connectivity index (χ0v) is 18.7. The Morgan fingerprint density at radius 2 is 1.97 bits per heavy atom. The van der Waals surface area contributed by atoms with Crippen molar-refractivity contribution in [1.29, 1.82) is 0 Å². The molecule has 2 heterocycles. The van der Waals surface area contributed by atoms with E-state index in [1.807, 2.05) is 44.4 Å². The predicted octanol–water partition coefficient (Wildman–Crippen LogP) is 3.05. The standard InChI is InChI=1S/C25H27FN4O3/c1-16-3-5-17(6-4-16)11-24(31)30-10-9-23(20(26)13-30)33-22-8-7-18(12-19(22)25(27)32)21-14-29(2)15-28-21/h3-8,12,14-15,20,23H,9-11,13H2,1-2H3,(H2,27,32)/t20-,23+/m0/s1. The molecular weight excluding hydrogens is 423 g/mol. The first kappa shape index (κ1) is 22.5. The predicted molar refractivity (Wildman–Crippen MR) is 123 cm³/mol. The number of ether oxygens (including phenoxy) is 1. The van der Waals surface area contributed by atoms with E-state index in [0.29, 0.717) is 24.2 Å². The highest BCUT2D eigenvalue weighted by Crippen LogP contribution is 2.29. The number of nitrogens with two attached hydrogens (primary N) is 1. The third-order valence-corrected chi connectivity index (χ3v) is 5.83. The van der Waals surface area contributed by atoms with Gasteiger partial charge in [-0.3, -0.25) is 9.59 Å². The molecule has 0 unspecified atom stereocenters. The maximum Gasteiger partial charge on any atom is 0.252 e. The molecule has 1 aliphatic heterocycles. The molecule has 0 radical (unpaired) electrons. The summed E-state index contributed by atoms with van der Waals surface area (Å²) in [7, 11) is 1.85. The number of imidazole rings is 1. The normalized spacial score (nSPS) is 18.2. The molecule has 33 heavy (non-hydrogen) atoms. The SMILES string of the molecule is Cc1ccc(CC(=O)N2CC[C@@H](Oc3ccc(-c4cn(C)cn4)cc3C(N)=O)[C@@H](F)C2)cc1. The lowest BCUT2D eigenvalue weighted by atomic mass is 10.0. The van der Waals surface area contributed by atoms with Crippen molar-refractivity contribution in [3.05, 3.63) is 71.7 Å². The number of amides is 2. The van der Waals surface area contributed by atoms with Gasteiger partial charge in [0.05, 0.1) is 30.6 Å². The number of carbonyl (C=O) groups is 2. The largest absolute Gasteiger partial charge is 0.486 e. The highest BCUT2D eigenvalue weighted by Gasteiger charge is 2.33. The third kappa shape index (κ3) is 5.22. The maximum absolute atomic E-state index is 15.0. The van der Waals surface area contributed by atoms with Gasteiger partial charge in [-0.25, -0.2) is 9.37 Å². The molecule has 7 nitrogen and oxygen atoms in total. The summed E-state index contributed by atoms with van der Waals surface area (Å²) < 4.78 is 22.6. The lowest BCUT2D eigenvalue weighted by Gasteiger charge is -2.35. The summed E-state index contributed by atoms with van der Waals surface area (Å²) in [6, 6.07) is 12.7. The van der Waals surface area contributed by atoms with E-state index in [0.717, 1.165) is 11.1 Å². The summed E-state index contributed by atoms with van der Waals surface area (Å²) in [5.41, 5.74) is 9.16. The second-order valence-corrected chi connectivity index (χ2v) is 8.46. The van der Waals surface area contributed by atoms with Gasteiger partial charge in [0.1, 0.15) is 11.9 Å². The fraction of sp³-hybridized carbons (Fsp3) is 0.320. The Morgan fingerprint density at radius 3 is 2.61 bits per heavy atom. The van der Waals surface area contributed by atoms with Gasteiger partial charge in [0.2, 0.25) is 5.91 Å². The van der Waals surface area contributed by atoms with Crippen LogP contribution in [-0.2, 0) is 18.3 Å². The zero-order valence-electron chi connectivity index (χ0n) is 18.7. The molecule has 4 rings (SSSR count). The van der Waals surface area contributed by atoms with Crippen LogP contribution >= 0.6 is 0 Å². The number of hydrogen-bond donors (Lipinski definition) is 1. The molecule has 0 spiro atoms. The number of aromatic nitrogens is 2. The summed E-state index contributed by atoms with van der Waals surface area (Å²) in [4.78, 5) is 30.5. The van der Waals surface area contributed by atoms with Crippen molar-refractivity contribution in [3.8, 4) is 17.0 Å². The minimum atomic E-state index is -1.38. The average molecular weight is 451 g/mol. The van der Waals surface area contributed by atoms with Gasteiger partial charge in [-0.2, -0.15) is 0 Å². The van der Waals surface area contributed by atoms with Crippen molar-refractivity contribution in [1.82, 2.24) is 14.5 Å². The van der Waals surface area contributed by atoms with Crippen LogP contribution in [0.5, 0.6) is 5.75 Å². The molecule has 3 aromatic rings. The zero-order chi connectivity index (χ0) is 23.5. The van der Waals surface area contributed by atoms with Crippen LogP contribution in [0.4, 0.5) is 4.39 Å². The molecule has 2 amide bonds. The number of piperidine rings is 1. The van der Waals surface area contributed by atoms with E-state index in [9.17, 15) is 14.0 Å². The summed E-state index contributed by atoms with van der Waals surface area (Å²) in [5.74, 6) is -0.546. The highest BCUT2D eigenvalue weighted by atomic mass is 19.1. The molecule has 0 aliphatic carbocycles. The number of carbonyl (C=O) groups excluding carboxylic acids is 2. The minimum Gasteiger partial charge on any atom is -0.486 e. The Labute approximate surface area is 192 Å². The molecule has 1 saturated heterocycles. The van der Waals surface area contributed by atoms with Gasteiger partial charge in [0.25, 0.3) is 5.91 Å². The van der Waals surface area contributed by atoms with Gasteiger partial charge < -0.3 is 19.9 Å². The fourth-order valence-corrected chi connectivity index (χ4v) is 3.94. The van der Waals surface area contributed by atoms with Crippen LogP contribution in [0.3, 0.4) is 0 Å². The van der Waals surface area contributed by atoms with Crippen molar-refractivity contribution in [2.24, 2.45) is 12.8 Å². The quantitative estimate of drug-likeness (QED) is 0.625. The summed E-state index contributed by atoms with van der Waals surface area (Å²) >= 11 is 0. The van der Waals surface area contributed by atoms with Crippen molar-refractivity contribution in [2.45, 2.75) is 32.0 Å². The van der Waals surface area contributed by atoms with Crippen LogP contribution in [0.15, 0.2) is 55.0 Å². The number of nitrogens with zero attached hydrogens (tertiary/aromatic N) is 3. The number of primary amides is 1. The van der Waals surface area contributed by atoms with E-state index in [1.54, 1.807) is 29.1 Å². The van der Waals surface area contributed by atoms with Crippen LogP contribution in [0.2, 0.25) is 0 Å². The van der Waals surface area contributed by atoms with E-state index in [1.165, 1.54) is 4.90 Å². The number of likely N-dealkylation sites (tertiary alicyclic amines) is 1. The van der Waals surface area contributed by atoms with E-state index in [4.69, 9.17) is 10.5 Å². The molecule has 8 heteroatoms. The van der Waals surface area contributed by atoms with Crippen molar-refractivity contribution >= 4 is 11.8 Å². The van der Waals surface area contributed by atoms with Gasteiger partial charge in [-0.15, -0.1) is 0 Å². The lowest BCUT2D eigenvalue weighted by Crippen LogP contribution is -2.49. The average Bonchev–Trinajstić information content (AvgIpc) is 3.23. The fourth-order valence-electron chi connectivity index (χ4n) is 3.94. The topological polar surface area (TPSA) is 90.4 Å². The van der Waals surface area contributed by atoms with E-state index >= 15 is 0 Å². The van der Waals surface area contributed by atoms with Crippen LogP contribution in [-0.4, -0.2) is 51.6 Å². The molecule has 172 valence electrons. The van der Waals surface area contributed by atoms with Crippen molar-refractivity contribution in [2.75, 3.05) is 13.1 Å². The number of hydrogen-bond acceptors (Lipinski definition) is 4. The molecule has 0 bridgehead atoms. The highest BCUT2D eigenvalue weighted by molar-refractivity contribution is 5.97. The number of benzene rings is 2. The molecule has 2 N–H and O–H groups in total. The molecule has 1 aromatic heterocycles. The van der Waals surface area contributed by atoms with Gasteiger partial charge in [-0.1, -0.05) is 29.8 Å². The van der Waals surface area contributed by atoms with E-state index < -0.39 is 18.2 Å². The number of alkyl halides is 1. The van der Waals surface area contributed by atoms with Crippen LogP contribution in [0.25, 0.3) is 11.3 Å². The lowest BCUT2D eigenvalue weighted by molar-refractivity contribution is -0.134. The second-order valence-electron chi connectivity index (χ2n) is 8.46. The Morgan fingerprint density at radius 1 is 1.21 bits per heavy atom. The van der Waals surface area contributed by atoms with Gasteiger partial charge >= 0.3 is 0 Å². The third-order valence-electron chi connectivity index (χ3n) is 5.83. The monoisotopic (exact) mass is 450 g/mol. The maximum atomic E-state index is 15.0. The molecule has 1 fully saturated rings. The van der Waals surface area contributed by atoms with Crippen LogP contribution in [0.1, 0.15) is 27.9 Å². The molecular formula is C25H27FN4O3. The Bertz CT molecular complexity index is 1160. The van der Waals surface area contributed by atoms with Crippen molar-refractivity contribution in [3.63, 3.8) is 0 Å². The summed E-state index contributed by atoms with van der Waals surface area (Å²) in [6.45, 7) is 2.32. The smallest absolute Gasteiger partial charge is 0.252 e. The molecule has 1 aliphatic rings. The number of halogens is 1. The second kappa shape index (κ2) is 9.44. The van der Waals surface area contributed by atoms with Gasteiger partial charge in [0, 0.05) is 31.8 Å². The van der Waals surface area contributed by atoms with E-state index in [2.05, 4.69) is 4.98 Å². The van der Waals surface area contributed by atoms with Gasteiger partial charge in [-0.05, 0) is 30.7 Å². The molecule has 2 aromatic carbocycles. The first-order chi connectivity index (χ1) is 15.8. The Balaban J connectivity index is 1.42. The molecule has 0 saturated carbocycles. The van der Waals surface area contributed by atoms with E-state index in [-0.39, 0.29) is 30.2 Å². The van der Waals surface area contributed by atoms with Crippen LogP contribution < -0.4 is 10.5 Å². The van der Waals surface area contributed by atoms with Crippen LogP contribution in [0, 0.1) is 6.92 Å².